The van der Waals surface area contributed by atoms with Gasteiger partial charge in [-0.1, -0.05) is 42.1 Å². The summed E-state index contributed by atoms with van der Waals surface area (Å²) < 4.78 is 0. The second-order valence-electron chi connectivity index (χ2n) is 3.78. The summed E-state index contributed by atoms with van der Waals surface area (Å²) >= 11 is 3.49. The van der Waals surface area contributed by atoms with E-state index in [-0.39, 0.29) is 0 Å². The van der Waals surface area contributed by atoms with Gasteiger partial charge in [-0.15, -0.1) is 0 Å². The summed E-state index contributed by atoms with van der Waals surface area (Å²) in [5.74, 6) is 2.13. The van der Waals surface area contributed by atoms with E-state index in [2.05, 4.69) is 22.9 Å². The third-order valence-electron chi connectivity index (χ3n) is 2.97. The zero-order chi connectivity index (χ0) is 8.10. The van der Waals surface area contributed by atoms with Gasteiger partial charge in [0.25, 0.3) is 0 Å². The summed E-state index contributed by atoms with van der Waals surface area (Å²) in [5.41, 5.74) is 0. The molecule has 1 fully saturated rings. The van der Waals surface area contributed by atoms with E-state index < -0.39 is 0 Å². The zero-order valence-corrected chi connectivity index (χ0v) is 9.07. The first kappa shape index (κ1) is 9.57. The zero-order valence-electron chi connectivity index (χ0n) is 7.48. The van der Waals surface area contributed by atoms with Gasteiger partial charge in [0.1, 0.15) is 0 Å². The molecule has 2 atom stereocenters. The first-order valence-corrected chi connectivity index (χ1v) is 6.05. The van der Waals surface area contributed by atoms with Crippen LogP contribution in [0.1, 0.15) is 45.4 Å². The Kier molecular flexibility index (Phi) is 4.51. The monoisotopic (exact) mass is 218 g/mol. The molecule has 0 spiro atoms. The Balaban J connectivity index is 2.09. The SMILES string of the molecule is CCC1CCC(CCCBr)C1. The largest absolute Gasteiger partial charge is 0.0928 e. The standard InChI is InChI=1S/C10H19Br/c1-2-9-5-6-10(8-9)4-3-7-11/h9-10H,2-8H2,1H3. The number of hydrogen-bond acceptors (Lipinski definition) is 0. The summed E-state index contributed by atoms with van der Waals surface area (Å²) in [6.45, 7) is 2.33. The molecule has 0 amide bonds. The third kappa shape index (κ3) is 3.14. The molecule has 66 valence electrons. The number of hydrogen-bond donors (Lipinski definition) is 0. The molecule has 1 aliphatic rings. The molecule has 0 saturated heterocycles. The van der Waals surface area contributed by atoms with Crippen molar-refractivity contribution in [1.82, 2.24) is 0 Å². The predicted molar refractivity (Wildman–Crippen MR) is 54.2 cm³/mol. The van der Waals surface area contributed by atoms with Gasteiger partial charge < -0.3 is 0 Å². The van der Waals surface area contributed by atoms with Crippen LogP contribution >= 0.6 is 15.9 Å². The fourth-order valence-corrected chi connectivity index (χ4v) is 2.50. The average Bonchev–Trinajstić information content (AvgIpc) is 2.48. The van der Waals surface area contributed by atoms with Crippen LogP contribution in [0.15, 0.2) is 0 Å². The van der Waals surface area contributed by atoms with Gasteiger partial charge in [0.05, 0.1) is 0 Å². The molecule has 2 unspecified atom stereocenters. The van der Waals surface area contributed by atoms with Crippen molar-refractivity contribution >= 4 is 15.9 Å². The number of alkyl halides is 1. The molecule has 0 aliphatic heterocycles. The first-order chi connectivity index (χ1) is 5.36. The Morgan fingerprint density at radius 1 is 1.27 bits per heavy atom. The highest BCUT2D eigenvalue weighted by atomic mass is 79.9. The van der Waals surface area contributed by atoms with Gasteiger partial charge >= 0.3 is 0 Å². The second-order valence-corrected chi connectivity index (χ2v) is 4.58. The van der Waals surface area contributed by atoms with Crippen molar-refractivity contribution < 1.29 is 0 Å². The predicted octanol–water partition coefficient (Wildman–Crippen LogP) is 3.99. The van der Waals surface area contributed by atoms with Crippen LogP contribution in [0.3, 0.4) is 0 Å². The van der Waals surface area contributed by atoms with E-state index in [1.54, 1.807) is 0 Å². The van der Waals surface area contributed by atoms with Gasteiger partial charge in [-0.05, 0) is 31.1 Å². The molecule has 0 bridgehead atoms. The van der Waals surface area contributed by atoms with Crippen molar-refractivity contribution in [2.45, 2.75) is 45.4 Å². The van der Waals surface area contributed by atoms with E-state index >= 15 is 0 Å². The Morgan fingerprint density at radius 2 is 2.00 bits per heavy atom. The molecule has 1 rings (SSSR count). The molecular weight excluding hydrogens is 200 g/mol. The molecule has 1 aliphatic carbocycles. The van der Waals surface area contributed by atoms with Crippen LogP contribution in [0.5, 0.6) is 0 Å². The molecule has 0 N–H and O–H groups in total. The van der Waals surface area contributed by atoms with E-state index in [0.717, 1.165) is 11.8 Å². The van der Waals surface area contributed by atoms with E-state index in [9.17, 15) is 0 Å². The quantitative estimate of drug-likeness (QED) is 0.627. The van der Waals surface area contributed by atoms with E-state index in [0.29, 0.717) is 0 Å². The summed E-state index contributed by atoms with van der Waals surface area (Å²) in [7, 11) is 0. The summed E-state index contributed by atoms with van der Waals surface area (Å²) in [6, 6.07) is 0. The van der Waals surface area contributed by atoms with Crippen LogP contribution in [-0.4, -0.2) is 5.33 Å². The van der Waals surface area contributed by atoms with Crippen molar-refractivity contribution in [1.29, 1.82) is 0 Å². The van der Waals surface area contributed by atoms with Gasteiger partial charge in [-0.25, -0.2) is 0 Å². The van der Waals surface area contributed by atoms with Gasteiger partial charge in [-0.3, -0.25) is 0 Å². The maximum atomic E-state index is 3.49. The molecule has 11 heavy (non-hydrogen) atoms. The lowest BCUT2D eigenvalue weighted by atomic mass is 9.99. The van der Waals surface area contributed by atoms with Crippen molar-refractivity contribution in [2.24, 2.45) is 11.8 Å². The minimum atomic E-state index is 1.07. The molecular formula is C10H19Br. The second kappa shape index (κ2) is 5.18. The Labute approximate surface area is 78.9 Å². The molecule has 0 aromatic rings. The highest BCUT2D eigenvalue weighted by molar-refractivity contribution is 9.09. The lowest BCUT2D eigenvalue weighted by molar-refractivity contribution is 0.455. The van der Waals surface area contributed by atoms with Crippen molar-refractivity contribution in [3.05, 3.63) is 0 Å². The molecule has 0 radical (unpaired) electrons. The molecule has 0 aromatic carbocycles. The Hall–Kier alpha value is 0.480. The van der Waals surface area contributed by atoms with E-state index in [1.807, 2.05) is 0 Å². The Bertz CT molecular complexity index is 101. The average molecular weight is 219 g/mol. The summed E-state index contributed by atoms with van der Waals surface area (Å²) in [4.78, 5) is 0. The van der Waals surface area contributed by atoms with Crippen LogP contribution in [0.2, 0.25) is 0 Å². The van der Waals surface area contributed by atoms with Crippen LogP contribution in [0.4, 0.5) is 0 Å². The highest BCUT2D eigenvalue weighted by Gasteiger charge is 2.22. The lowest BCUT2D eigenvalue weighted by Crippen LogP contribution is -1.95. The van der Waals surface area contributed by atoms with Crippen LogP contribution in [-0.2, 0) is 0 Å². The Morgan fingerprint density at radius 3 is 2.55 bits per heavy atom. The highest BCUT2D eigenvalue weighted by Crippen LogP contribution is 2.35. The topological polar surface area (TPSA) is 0 Å². The number of halogens is 1. The van der Waals surface area contributed by atoms with E-state index in [1.165, 1.54) is 43.9 Å². The summed E-state index contributed by atoms with van der Waals surface area (Å²) in [6.07, 6.45) is 8.77. The minimum absolute atomic E-state index is 1.07. The minimum Gasteiger partial charge on any atom is -0.0928 e. The van der Waals surface area contributed by atoms with Gasteiger partial charge in [0.15, 0.2) is 0 Å². The van der Waals surface area contributed by atoms with Gasteiger partial charge in [-0.2, -0.15) is 0 Å². The number of rotatable bonds is 4. The van der Waals surface area contributed by atoms with Gasteiger partial charge in [0, 0.05) is 5.33 Å². The van der Waals surface area contributed by atoms with Crippen LogP contribution in [0.25, 0.3) is 0 Å². The van der Waals surface area contributed by atoms with Crippen molar-refractivity contribution in [3.8, 4) is 0 Å². The lowest BCUT2D eigenvalue weighted by Gasteiger charge is -2.07. The van der Waals surface area contributed by atoms with Gasteiger partial charge in [0.2, 0.25) is 0 Å². The van der Waals surface area contributed by atoms with Crippen LogP contribution in [0, 0.1) is 11.8 Å². The normalized spacial score (nSPS) is 31.1. The third-order valence-corrected chi connectivity index (χ3v) is 3.53. The maximum absolute atomic E-state index is 3.49. The van der Waals surface area contributed by atoms with Crippen molar-refractivity contribution in [3.63, 3.8) is 0 Å². The summed E-state index contributed by atoms with van der Waals surface area (Å²) in [5, 5.41) is 1.19. The molecule has 1 saturated carbocycles. The first-order valence-electron chi connectivity index (χ1n) is 4.92. The molecule has 0 heterocycles. The van der Waals surface area contributed by atoms with Crippen molar-refractivity contribution in [2.75, 3.05) is 5.33 Å². The van der Waals surface area contributed by atoms with E-state index in [4.69, 9.17) is 0 Å². The molecule has 1 heteroatoms. The fourth-order valence-electron chi connectivity index (χ4n) is 2.18. The molecule has 0 nitrogen and oxygen atoms in total. The smallest absolute Gasteiger partial charge is 0.00314 e. The van der Waals surface area contributed by atoms with Crippen LogP contribution < -0.4 is 0 Å². The molecule has 0 aromatic heterocycles. The maximum Gasteiger partial charge on any atom is 0.00314 e. The fraction of sp³-hybridized carbons (Fsp3) is 1.00.